The van der Waals surface area contributed by atoms with Crippen molar-refractivity contribution in [2.24, 2.45) is 5.92 Å². The maximum absolute atomic E-state index is 13.4. The predicted molar refractivity (Wildman–Crippen MR) is 149 cm³/mol. The largest absolute Gasteiger partial charge is 0.494 e. The van der Waals surface area contributed by atoms with E-state index in [1.165, 1.54) is 21.9 Å². The quantitative estimate of drug-likeness (QED) is 0.248. The Labute approximate surface area is 219 Å². The molecule has 190 valence electrons. The van der Waals surface area contributed by atoms with Gasteiger partial charge in [-0.1, -0.05) is 84.9 Å². The number of ether oxygens (including phenoxy) is 2. The summed E-state index contributed by atoms with van der Waals surface area (Å²) in [6.07, 6.45) is 2.28. The number of nitrogens with one attached hydrogen (secondary N) is 1. The third kappa shape index (κ3) is 6.85. The molecule has 0 aromatic heterocycles. The molecule has 1 saturated heterocycles. The van der Waals surface area contributed by atoms with E-state index in [-0.39, 0.29) is 11.8 Å². The fourth-order valence-electron chi connectivity index (χ4n) is 5.20. The molecular weight excluding hydrogens is 458 g/mol. The standard InChI is InChI=1S/C33H35NO3/c35-33(22-26-11-12-27-9-4-5-10-29(27)21-26)32-23-34-18-17-31(32)28-13-15-30(16-14-28)37-20-6-19-36-24-25-7-2-1-3-8-25/h1-5,7-16,21,31-32,34H,6,17-20,22-24H2/t31-,32+/m1/s1. The molecule has 0 unspecified atom stereocenters. The molecule has 0 aliphatic carbocycles. The van der Waals surface area contributed by atoms with Gasteiger partial charge in [-0.15, -0.1) is 0 Å². The van der Waals surface area contributed by atoms with Crippen LogP contribution in [0.2, 0.25) is 0 Å². The van der Waals surface area contributed by atoms with Crippen molar-refractivity contribution in [3.8, 4) is 5.75 Å². The molecule has 0 spiro atoms. The molecular formula is C33H35NO3. The van der Waals surface area contributed by atoms with Crippen molar-refractivity contribution in [2.75, 3.05) is 26.3 Å². The lowest BCUT2D eigenvalue weighted by Crippen LogP contribution is -2.40. The van der Waals surface area contributed by atoms with Crippen LogP contribution in [0.5, 0.6) is 5.75 Å². The molecule has 4 aromatic carbocycles. The highest BCUT2D eigenvalue weighted by Gasteiger charge is 2.31. The number of fused-ring (bicyclic) bond motifs is 1. The van der Waals surface area contributed by atoms with Crippen LogP contribution in [-0.2, 0) is 22.6 Å². The first-order chi connectivity index (χ1) is 18.3. The first-order valence-corrected chi connectivity index (χ1v) is 13.3. The van der Waals surface area contributed by atoms with E-state index in [0.717, 1.165) is 37.2 Å². The van der Waals surface area contributed by atoms with E-state index >= 15 is 0 Å². The topological polar surface area (TPSA) is 47.6 Å². The molecule has 4 heteroatoms. The maximum atomic E-state index is 13.4. The molecule has 2 atom stereocenters. The highest BCUT2D eigenvalue weighted by Crippen LogP contribution is 2.33. The number of piperidine rings is 1. The Morgan fingerprint density at radius 1 is 0.811 bits per heavy atom. The zero-order chi connectivity index (χ0) is 25.3. The smallest absolute Gasteiger partial charge is 0.142 e. The molecule has 37 heavy (non-hydrogen) atoms. The van der Waals surface area contributed by atoms with Crippen LogP contribution in [0.3, 0.4) is 0 Å². The van der Waals surface area contributed by atoms with Crippen LogP contribution in [-0.4, -0.2) is 32.1 Å². The first kappa shape index (κ1) is 25.2. The fraction of sp³-hybridized carbons (Fsp3) is 0.303. The van der Waals surface area contributed by atoms with Crippen LogP contribution in [0.4, 0.5) is 0 Å². The van der Waals surface area contributed by atoms with E-state index in [0.29, 0.717) is 32.0 Å². The second-order valence-corrected chi connectivity index (χ2v) is 9.84. The van der Waals surface area contributed by atoms with E-state index in [9.17, 15) is 4.79 Å². The molecule has 1 N–H and O–H groups in total. The second kappa shape index (κ2) is 12.7. The lowest BCUT2D eigenvalue weighted by molar-refractivity contribution is -0.123. The van der Waals surface area contributed by atoms with Gasteiger partial charge in [-0.2, -0.15) is 0 Å². The summed E-state index contributed by atoms with van der Waals surface area (Å²) in [7, 11) is 0. The summed E-state index contributed by atoms with van der Waals surface area (Å²) in [5.74, 6) is 1.38. The monoisotopic (exact) mass is 493 g/mol. The summed E-state index contributed by atoms with van der Waals surface area (Å²) in [6.45, 7) is 3.59. The van der Waals surface area contributed by atoms with Gasteiger partial charge in [0.15, 0.2) is 0 Å². The number of hydrogen-bond acceptors (Lipinski definition) is 4. The third-order valence-electron chi connectivity index (χ3n) is 7.21. The zero-order valence-corrected chi connectivity index (χ0v) is 21.3. The van der Waals surface area contributed by atoms with Crippen LogP contribution in [0.25, 0.3) is 10.8 Å². The molecule has 1 aliphatic heterocycles. The summed E-state index contributed by atoms with van der Waals surface area (Å²) in [5, 5.41) is 5.83. The van der Waals surface area contributed by atoms with E-state index < -0.39 is 0 Å². The molecule has 1 heterocycles. The van der Waals surface area contributed by atoms with Crippen molar-refractivity contribution in [3.05, 3.63) is 114 Å². The van der Waals surface area contributed by atoms with Crippen LogP contribution < -0.4 is 10.1 Å². The summed E-state index contributed by atoms with van der Waals surface area (Å²) < 4.78 is 11.7. The van der Waals surface area contributed by atoms with E-state index in [1.807, 2.05) is 42.5 Å². The van der Waals surface area contributed by atoms with E-state index in [2.05, 4.69) is 59.9 Å². The van der Waals surface area contributed by atoms with Gasteiger partial charge in [0, 0.05) is 25.3 Å². The Hall–Kier alpha value is -3.47. The fourth-order valence-corrected chi connectivity index (χ4v) is 5.20. The number of rotatable bonds is 11. The number of benzene rings is 4. The van der Waals surface area contributed by atoms with Gasteiger partial charge in [0.2, 0.25) is 0 Å². The van der Waals surface area contributed by atoms with E-state index in [4.69, 9.17) is 9.47 Å². The molecule has 1 aliphatic rings. The van der Waals surface area contributed by atoms with Gasteiger partial charge >= 0.3 is 0 Å². The van der Waals surface area contributed by atoms with Gasteiger partial charge in [0.05, 0.1) is 19.8 Å². The molecule has 4 aromatic rings. The summed E-state index contributed by atoms with van der Waals surface area (Å²) >= 11 is 0. The van der Waals surface area contributed by atoms with Gasteiger partial charge in [-0.3, -0.25) is 4.79 Å². The predicted octanol–water partition coefficient (Wildman–Crippen LogP) is 6.33. The average Bonchev–Trinajstić information content (AvgIpc) is 2.96. The first-order valence-electron chi connectivity index (χ1n) is 13.3. The Kier molecular flexibility index (Phi) is 8.62. The van der Waals surface area contributed by atoms with Gasteiger partial charge in [-0.05, 0) is 58.5 Å². The SMILES string of the molecule is O=C(Cc1ccc2ccccc2c1)[C@H]1CNCC[C@@H]1c1ccc(OCCCOCc2ccccc2)cc1. The van der Waals surface area contributed by atoms with Crippen molar-refractivity contribution in [1.29, 1.82) is 0 Å². The minimum absolute atomic E-state index is 0.0197. The Morgan fingerprint density at radius 3 is 2.43 bits per heavy atom. The minimum atomic E-state index is -0.0197. The molecule has 5 rings (SSSR count). The number of carbonyl (C=O) groups excluding carboxylic acids is 1. The average molecular weight is 494 g/mol. The Morgan fingerprint density at radius 2 is 1.59 bits per heavy atom. The number of carbonyl (C=O) groups is 1. The Balaban J connectivity index is 1.12. The molecule has 0 radical (unpaired) electrons. The van der Waals surface area contributed by atoms with Crippen molar-refractivity contribution < 1.29 is 14.3 Å². The second-order valence-electron chi connectivity index (χ2n) is 9.84. The maximum Gasteiger partial charge on any atom is 0.142 e. The minimum Gasteiger partial charge on any atom is -0.494 e. The van der Waals surface area contributed by atoms with Crippen LogP contribution >= 0.6 is 0 Å². The van der Waals surface area contributed by atoms with Crippen LogP contribution in [0, 0.1) is 5.92 Å². The lowest BCUT2D eigenvalue weighted by Gasteiger charge is -2.31. The third-order valence-corrected chi connectivity index (χ3v) is 7.21. The molecule has 0 bridgehead atoms. The lowest BCUT2D eigenvalue weighted by atomic mass is 9.77. The van der Waals surface area contributed by atoms with Crippen molar-refractivity contribution >= 4 is 16.6 Å². The van der Waals surface area contributed by atoms with Crippen LogP contribution in [0.15, 0.2) is 97.1 Å². The van der Waals surface area contributed by atoms with Gasteiger partial charge in [0.1, 0.15) is 11.5 Å². The molecule has 0 saturated carbocycles. The Bertz CT molecular complexity index is 1290. The summed E-state index contributed by atoms with van der Waals surface area (Å²) in [4.78, 5) is 13.4. The number of hydrogen-bond donors (Lipinski definition) is 1. The van der Waals surface area contributed by atoms with Gasteiger partial charge in [0.25, 0.3) is 0 Å². The van der Waals surface area contributed by atoms with Gasteiger partial charge < -0.3 is 14.8 Å². The highest BCUT2D eigenvalue weighted by atomic mass is 16.5. The summed E-state index contributed by atoms with van der Waals surface area (Å²) in [5.41, 5.74) is 3.49. The zero-order valence-electron chi connectivity index (χ0n) is 21.3. The van der Waals surface area contributed by atoms with Crippen molar-refractivity contribution in [3.63, 3.8) is 0 Å². The summed E-state index contributed by atoms with van der Waals surface area (Å²) in [6, 6.07) is 33.2. The van der Waals surface area contributed by atoms with Crippen LogP contribution in [0.1, 0.15) is 35.4 Å². The molecule has 4 nitrogen and oxygen atoms in total. The van der Waals surface area contributed by atoms with Crippen molar-refractivity contribution in [1.82, 2.24) is 5.32 Å². The molecule has 1 fully saturated rings. The number of ketones is 1. The van der Waals surface area contributed by atoms with E-state index in [1.54, 1.807) is 0 Å². The highest BCUT2D eigenvalue weighted by molar-refractivity contribution is 5.87. The number of Topliss-reactive ketones (excluding diaryl/α,β-unsaturated/α-hetero) is 1. The molecule has 0 amide bonds. The van der Waals surface area contributed by atoms with Gasteiger partial charge in [-0.25, -0.2) is 0 Å². The van der Waals surface area contributed by atoms with Crippen molar-refractivity contribution in [2.45, 2.75) is 31.8 Å². The normalized spacial score (nSPS) is 17.5.